The number of carbonyl (C=O) groups is 1. The average molecular weight is 301 g/mol. The zero-order valence-electron chi connectivity index (χ0n) is 12.3. The van der Waals surface area contributed by atoms with Crippen LogP contribution in [-0.4, -0.2) is 27.5 Å². The number of aromatic nitrogens is 2. The molecule has 4 nitrogen and oxygen atoms in total. The van der Waals surface area contributed by atoms with Crippen molar-refractivity contribution in [3.05, 3.63) is 42.2 Å². The number of carbonyl (C=O) groups excluding carboxylic acids is 1. The monoisotopic (exact) mass is 301 g/mol. The molecule has 0 N–H and O–H groups in total. The summed E-state index contributed by atoms with van der Waals surface area (Å²) in [7, 11) is 0. The van der Waals surface area contributed by atoms with Crippen molar-refractivity contribution in [2.75, 3.05) is 11.4 Å². The molecule has 0 saturated heterocycles. The highest BCUT2D eigenvalue weighted by atomic mass is 32.2. The summed E-state index contributed by atoms with van der Waals surface area (Å²) >= 11 is 1.84. The largest absolute Gasteiger partial charge is 0.310 e. The van der Waals surface area contributed by atoms with Gasteiger partial charge in [-0.25, -0.2) is 0 Å². The second-order valence-corrected chi connectivity index (χ2v) is 6.91. The van der Waals surface area contributed by atoms with E-state index in [0.717, 1.165) is 17.8 Å². The van der Waals surface area contributed by atoms with E-state index in [9.17, 15) is 4.79 Å². The van der Waals surface area contributed by atoms with Gasteiger partial charge in [-0.3, -0.25) is 9.48 Å². The van der Waals surface area contributed by atoms with Gasteiger partial charge in [0.2, 0.25) is 5.91 Å². The van der Waals surface area contributed by atoms with Crippen LogP contribution in [0.5, 0.6) is 0 Å². The Bertz CT molecular complexity index is 652. The Kier molecular flexibility index (Phi) is 4.01. The van der Waals surface area contributed by atoms with E-state index in [1.165, 1.54) is 4.90 Å². The SMILES string of the molecule is Cc1cnn(CCC(=O)N2CC(C)Sc3ccccc32)c1. The van der Waals surface area contributed by atoms with Crippen molar-refractivity contribution in [2.45, 2.75) is 37.0 Å². The van der Waals surface area contributed by atoms with Gasteiger partial charge in [0.15, 0.2) is 0 Å². The number of hydrogen-bond donors (Lipinski definition) is 0. The van der Waals surface area contributed by atoms with Crippen LogP contribution in [-0.2, 0) is 11.3 Å². The highest BCUT2D eigenvalue weighted by molar-refractivity contribution is 8.00. The Hall–Kier alpha value is -1.75. The maximum absolute atomic E-state index is 12.6. The van der Waals surface area contributed by atoms with E-state index in [0.29, 0.717) is 18.2 Å². The summed E-state index contributed by atoms with van der Waals surface area (Å²) in [5.41, 5.74) is 2.16. The lowest BCUT2D eigenvalue weighted by atomic mass is 10.2. The first-order chi connectivity index (χ1) is 10.1. The van der Waals surface area contributed by atoms with Gasteiger partial charge in [0.1, 0.15) is 0 Å². The van der Waals surface area contributed by atoms with Gasteiger partial charge in [-0.15, -0.1) is 11.8 Å². The van der Waals surface area contributed by atoms with Gasteiger partial charge in [-0.1, -0.05) is 19.1 Å². The van der Waals surface area contributed by atoms with E-state index in [-0.39, 0.29) is 5.91 Å². The van der Waals surface area contributed by atoms with Gasteiger partial charge < -0.3 is 4.90 Å². The number of nitrogens with zero attached hydrogens (tertiary/aromatic N) is 3. The van der Waals surface area contributed by atoms with Crippen molar-refractivity contribution in [1.82, 2.24) is 9.78 Å². The molecule has 21 heavy (non-hydrogen) atoms. The van der Waals surface area contributed by atoms with Crippen LogP contribution in [0.15, 0.2) is 41.6 Å². The number of anilines is 1. The van der Waals surface area contributed by atoms with E-state index in [1.807, 2.05) is 58.9 Å². The van der Waals surface area contributed by atoms with Gasteiger partial charge in [0.05, 0.1) is 11.9 Å². The summed E-state index contributed by atoms with van der Waals surface area (Å²) in [6.45, 7) is 5.58. The Morgan fingerprint density at radius 3 is 3.00 bits per heavy atom. The Morgan fingerprint density at radius 2 is 2.24 bits per heavy atom. The zero-order chi connectivity index (χ0) is 14.8. The lowest BCUT2D eigenvalue weighted by Gasteiger charge is -2.32. The topological polar surface area (TPSA) is 38.1 Å². The molecule has 2 aromatic rings. The molecule has 1 aliphatic rings. The predicted molar refractivity (Wildman–Crippen MR) is 85.7 cm³/mol. The fourth-order valence-corrected chi connectivity index (χ4v) is 3.67. The number of fused-ring (bicyclic) bond motifs is 1. The van der Waals surface area contributed by atoms with E-state index in [2.05, 4.69) is 18.1 Å². The molecule has 1 unspecified atom stereocenters. The molecule has 0 aliphatic carbocycles. The van der Waals surface area contributed by atoms with Crippen LogP contribution in [0.1, 0.15) is 18.9 Å². The summed E-state index contributed by atoms with van der Waals surface area (Å²) in [6, 6.07) is 8.14. The summed E-state index contributed by atoms with van der Waals surface area (Å²) in [5.74, 6) is 0.169. The molecule has 0 spiro atoms. The molecule has 2 heterocycles. The van der Waals surface area contributed by atoms with Crippen molar-refractivity contribution < 1.29 is 4.79 Å². The van der Waals surface area contributed by atoms with Gasteiger partial charge in [-0.2, -0.15) is 5.10 Å². The van der Waals surface area contributed by atoms with Crippen molar-refractivity contribution >= 4 is 23.4 Å². The van der Waals surface area contributed by atoms with Crippen molar-refractivity contribution in [3.8, 4) is 0 Å². The van der Waals surface area contributed by atoms with Gasteiger partial charge in [0.25, 0.3) is 0 Å². The molecule has 0 bridgehead atoms. The maximum Gasteiger partial charge on any atom is 0.228 e. The third-order valence-electron chi connectivity index (χ3n) is 3.54. The maximum atomic E-state index is 12.6. The fourth-order valence-electron chi connectivity index (χ4n) is 2.56. The molecular weight excluding hydrogens is 282 g/mol. The Morgan fingerprint density at radius 1 is 1.43 bits per heavy atom. The van der Waals surface area contributed by atoms with Gasteiger partial charge in [0, 0.05) is 35.9 Å². The highest BCUT2D eigenvalue weighted by Gasteiger charge is 2.26. The lowest BCUT2D eigenvalue weighted by Crippen LogP contribution is -2.38. The number of aryl methyl sites for hydroxylation is 2. The second-order valence-electron chi connectivity index (χ2n) is 5.43. The number of amides is 1. The van der Waals surface area contributed by atoms with Crippen LogP contribution >= 0.6 is 11.8 Å². The first kappa shape index (κ1) is 14.2. The number of para-hydroxylation sites is 1. The number of rotatable bonds is 3. The van der Waals surface area contributed by atoms with Gasteiger partial charge >= 0.3 is 0 Å². The number of benzene rings is 1. The molecule has 0 fully saturated rings. The van der Waals surface area contributed by atoms with Crippen LogP contribution in [0.3, 0.4) is 0 Å². The van der Waals surface area contributed by atoms with Crippen LogP contribution in [0.25, 0.3) is 0 Å². The third-order valence-corrected chi connectivity index (χ3v) is 4.69. The van der Waals surface area contributed by atoms with Crippen molar-refractivity contribution in [1.29, 1.82) is 0 Å². The smallest absolute Gasteiger partial charge is 0.228 e. The Labute approximate surface area is 129 Å². The van der Waals surface area contributed by atoms with Gasteiger partial charge in [-0.05, 0) is 24.6 Å². The van der Waals surface area contributed by atoms with Crippen LogP contribution in [0, 0.1) is 6.92 Å². The summed E-state index contributed by atoms with van der Waals surface area (Å²) in [6.07, 6.45) is 4.27. The van der Waals surface area contributed by atoms with Crippen molar-refractivity contribution in [3.63, 3.8) is 0 Å². The predicted octanol–water partition coefficient (Wildman–Crippen LogP) is 3.11. The van der Waals surface area contributed by atoms with E-state index < -0.39 is 0 Å². The first-order valence-corrected chi connectivity index (χ1v) is 8.06. The van der Waals surface area contributed by atoms with Crippen LogP contribution in [0.4, 0.5) is 5.69 Å². The molecule has 1 atom stereocenters. The molecular formula is C16H19N3OS. The van der Waals surface area contributed by atoms with E-state index in [1.54, 1.807) is 0 Å². The minimum Gasteiger partial charge on any atom is -0.310 e. The Balaban J connectivity index is 1.72. The first-order valence-electron chi connectivity index (χ1n) is 7.18. The molecule has 1 aromatic carbocycles. The summed E-state index contributed by atoms with van der Waals surface area (Å²) < 4.78 is 1.83. The number of thioether (sulfide) groups is 1. The van der Waals surface area contributed by atoms with E-state index in [4.69, 9.17) is 0 Å². The van der Waals surface area contributed by atoms with E-state index >= 15 is 0 Å². The highest BCUT2D eigenvalue weighted by Crippen LogP contribution is 2.38. The second kappa shape index (κ2) is 5.93. The molecule has 1 aromatic heterocycles. The molecule has 1 amide bonds. The molecule has 0 saturated carbocycles. The zero-order valence-corrected chi connectivity index (χ0v) is 13.1. The molecule has 110 valence electrons. The molecule has 3 rings (SSSR count). The average Bonchev–Trinajstić information content (AvgIpc) is 2.89. The van der Waals surface area contributed by atoms with Crippen LogP contribution < -0.4 is 4.90 Å². The number of hydrogen-bond acceptors (Lipinski definition) is 3. The molecule has 0 radical (unpaired) electrons. The minimum absolute atomic E-state index is 0.169. The third kappa shape index (κ3) is 3.13. The molecule has 1 aliphatic heterocycles. The fraction of sp³-hybridized carbons (Fsp3) is 0.375. The summed E-state index contributed by atoms with van der Waals surface area (Å²) in [5, 5.41) is 4.66. The molecule has 5 heteroatoms. The normalized spacial score (nSPS) is 17.6. The lowest BCUT2D eigenvalue weighted by molar-refractivity contribution is -0.118. The summed E-state index contributed by atoms with van der Waals surface area (Å²) in [4.78, 5) is 15.7. The van der Waals surface area contributed by atoms with Crippen LogP contribution in [0.2, 0.25) is 0 Å². The quantitative estimate of drug-likeness (QED) is 0.874. The minimum atomic E-state index is 0.169. The standard InChI is InChI=1S/C16H19N3OS/c1-12-9-17-18(10-12)8-7-16(20)19-11-13(2)21-15-6-4-3-5-14(15)19/h3-6,9-10,13H,7-8,11H2,1-2H3. The van der Waals surface area contributed by atoms with Crippen molar-refractivity contribution in [2.24, 2.45) is 0 Å².